The van der Waals surface area contributed by atoms with E-state index in [2.05, 4.69) is 6.92 Å². The standard InChI is InChI=1S/C19H23N3O/c1-2-3-4-5-12-23-18-10-7-11-22-14-17(21-19(18)22)15-8-6-9-16(20)13-15/h6-11,13-14H,2-5,12,20H2,1H3. The molecule has 0 amide bonds. The lowest BCUT2D eigenvalue weighted by molar-refractivity contribution is 0.307. The molecular weight excluding hydrogens is 286 g/mol. The van der Waals surface area contributed by atoms with Gasteiger partial charge >= 0.3 is 0 Å². The molecule has 2 N–H and O–H groups in total. The van der Waals surface area contributed by atoms with Crippen molar-refractivity contribution >= 4 is 11.3 Å². The Morgan fingerprint density at radius 2 is 2.04 bits per heavy atom. The predicted molar refractivity (Wildman–Crippen MR) is 94.7 cm³/mol. The van der Waals surface area contributed by atoms with Gasteiger partial charge in [0.1, 0.15) is 0 Å². The molecule has 0 saturated carbocycles. The van der Waals surface area contributed by atoms with Gasteiger partial charge in [-0.3, -0.25) is 0 Å². The number of pyridine rings is 1. The van der Waals surface area contributed by atoms with E-state index in [4.69, 9.17) is 15.5 Å². The van der Waals surface area contributed by atoms with Crippen molar-refractivity contribution < 1.29 is 4.74 Å². The van der Waals surface area contributed by atoms with Crippen molar-refractivity contribution in [1.82, 2.24) is 9.38 Å². The molecule has 3 rings (SSSR count). The molecule has 0 aliphatic rings. The topological polar surface area (TPSA) is 52.5 Å². The van der Waals surface area contributed by atoms with Gasteiger partial charge in [-0.1, -0.05) is 38.3 Å². The summed E-state index contributed by atoms with van der Waals surface area (Å²) >= 11 is 0. The van der Waals surface area contributed by atoms with Crippen LogP contribution in [0.1, 0.15) is 32.6 Å². The molecule has 0 radical (unpaired) electrons. The number of rotatable bonds is 7. The molecule has 0 unspecified atom stereocenters. The highest BCUT2D eigenvalue weighted by Gasteiger charge is 2.09. The van der Waals surface area contributed by atoms with Crippen LogP contribution in [0, 0.1) is 0 Å². The molecule has 2 heterocycles. The molecule has 0 saturated heterocycles. The fourth-order valence-corrected chi connectivity index (χ4v) is 2.65. The van der Waals surface area contributed by atoms with Gasteiger partial charge in [-0.05, 0) is 30.7 Å². The Morgan fingerprint density at radius 1 is 1.13 bits per heavy atom. The van der Waals surface area contributed by atoms with Gasteiger partial charge in [0.05, 0.1) is 12.3 Å². The molecule has 3 aromatic rings. The summed E-state index contributed by atoms with van der Waals surface area (Å²) in [4.78, 5) is 4.72. The van der Waals surface area contributed by atoms with Crippen molar-refractivity contribution in [3.05, 3.63) is 48.8 Å². The van der Waals surface area contributed by atoms with Crippen LogP contribution < -0.4 is 10.5 Å². The average Bonchev–Trinajstić information content (AvgIpc) is 3.00. The normalized spacial score (nSPS) is 11.0. The van der Waals surface area contributed by atoms with Crippen molar-refractivity contribution in [2.24, 2.45) is 0 Å². The molecule has 0 aliphatic carbocycles. The van der Waals surface area contributed by atoms with E-state index < -0.39 is 0 Å². The number of ether oxygens (including phenoxy) is 1. The maximum atomic E-state index is 5.93. The Balaban J connectivity index is 1.81. The second-order valence-corrected chi connectivity index (χ2v) is 5.76. The summed E-state index contributed by atoms with van der Waals surface area (Å²) in [6, 6.07) is 11.7. The fourth-order valence-electron chi connectivity index (χ4n) is 2.65. The Bertz CT molecular complexity index is 779. The number of imidazole rings is 1. The molecule has 23 heavy (non-hydrogen) atoms. The average molecular weight is 309 g/mol. The zero-order chi connectivity index (χ0) is 16.1. The highest BCUT2D eigenvalue weighted by atomic mass is 16.5. The quantitative estimate of drug-likeness (QED) is 0.515. The molecule has 0 spiro atoms. The Labute approximate surface area is 136 Å². The summed E-state index contributed by atoms with van der Waals surface area (Å²) in [5.41, 5.74) is 9.38. The van der Waals surface area contributed by atoms with Crippen molar-refractivity contribution in [3.63, 3.8) is 0 Å². The van der Waals surface area contributed by atoms with E-state index in [0.29, 0.717) is 0 Å². The Kier molecular flexibility index (Phi) is 4.81. The van der Waals surface area contributed by atoms with Crippen LogP contribution in [0.5, 0.6) is 5.75 Å². The van der Waals surface area contributed by atoms with E-state index in [0.717, 1.165) is 41.4 Å². The number of fused-ring (bicyclic) bond motifs is 1. The molecule has 2 aromatic heterocycles. The smallest absolute Gasteiger partial charge is 0.180 e. The maximum absolute atomic E-state index is 5.93. The van der Waals surface area contributed by atoms with Crippen LogP contribution >= 0.6 is 0 Å². The summed E-state index contributed by atoms with van der Waals surface area (Å²) in [7, 11) is 0. The fraction of sp³-hybridized carbons (Fsp3) is 0.316. The number of hydrogen-bond donors (Lipinski definition) is 1. The molecule has 4 nitrogen and oxygen atoms in total. The summed E-state index contributed by atoms with van der Waals surface area (Å²) in [6.45, 7) is 2.95. The van der Waals surface area contributed by atoms with Gasteiger partial charge in [0.2, 0.25) is 0 Å². The third-order valence-electron chi connectivity index (χ3n) is 3.88. The van der Waals surface area contributed by atoms with Gasteiger partial charge in [-0.25, -0.2) is 4.98 Å². The van der Waals surface area contributed by atoms with Crippen molar-refractivity contribution in [1.29, 1.82) is 0 Å². The van der Waals surface area contributed by atoms with E-state index in [1.807, 2.05) is 53.2 Å². The third-order valence-corrected chi connectivity index (χ3v) is 3.88. The van der Waals surface area contributed by atoms with E-state index in [9.17, 15) is 0 Å². The minimum absolute atomic E-state index is 0.736. The van der Waals surface area contributed by atoms with Crippen LogP contribution in [-0.4, -0.2) is 16.0 Å². The van der Waals surface area contributed by atoms with E-state index in [1.54, 1.807) is 0 Å². The van der Waals surface area contributed by atoms with Gasteiger partial charge in [0, 0.05) is 23.6 Å². The number of nitrogens with two attached hydrogens (primary N) is 1. The second kappa shape index (κ2) is 7.18. The highest BCUT2D eigenvalue weighted by Crippen LogP contribution is 2.25. The molecule has 0 aliphatic heterocycles. The van der Waals surface area contributed by atoms with E-state index in [1.165, 1.54) is 19.3 Å². The lowest BCUT2D eigenvalue weighted by Gasteiger charge is -2.06. The Morgan fingerprint density at radius 3 is 2.87 bits per heavy atom. The molecule has 0 atom stereocenters. The van der Waals surface area contributed by atoms with E-state index >= 15 is 0 Å². The monoisotopic (exact) mass is 309 g/mol. The Hall–Kier alpha value is -2.49. The SMILES string of the molecule is CCCCCCOc1cccn2cc(-c3cccc(N)c3)nc12. The number of aromatic nitrogens is 2. The summed E-state index contributed by atoms with van der Waals surface area (Å²) in [5, 5.41) is 0. The highest BCUT2D eigenvalue weighted by molar-refractivity contribution is 5.68. The van der Waals surface area contributed by atoms with Gasteiger partial charge in [-0.2, -0.15) is 0 Å². The molecule has 0 bridgehead atoms. The number of benzene rings is 1. The molecular formula is C19H23N3O. The van der Waals surface area contributed by atoms with Gasteiger partial charge in [0.25, 0.3) is 0 Å². The number of unbranched alkanes of at least 4 members (excludes halogenated alkanes) is 3. The van der Waals surface area contributed by atoms with Crippen LogP contribution in [0.2, 0.25) is 0 Å². The lowest BCUT2D eigenvalue weighted by Crippen LogP contribution is -1.99. The van der Waals surface area contributed by atoms with Crippen LogP contribution in [0.3, 0.4) is 0 Å². The third kappa shape index (κ3) is 3.65. The van der Waals surface area contributed by atoms with Gasteiger partial charge in [0.15, 0.2) is 11.4 Å². The first-order valence-corrected chi connectivity index (χ1v) is 8.24. The van der Waals surface area contributed by atoms with Crippen molar-refractivity contribution in [2.45, 2.75) is 32.6 Å². The van der Waals surface area contributed by atoms with E-state index in [-0.39, 0.29) is 0 Å². The molecule has 1 aromatic carbocycles. The molecule has 4 heteroatoms. The van der Waals surface area contributed by atoms with Crippen molar-refractivity contribution in [2.75, 3.05) is 12.3 Å². The first-order chi connectivity index (χ1) is 11.3. The predicted octanol–water partition coefficient (Wildman–Crippen LogP) is 4.54. The number of hydrogen-bond acceptors (Lipinski definition) is 3. The van der Waals surface area contributed by atoms with Gasteiger partial charge < -0.3 is 14.9 Å². The van der Waals surface area contributed by atoms with Crippen LogP contribution in [0.25, 0.3) is 16.9 Å². The van der Waals surface area contributed by atoms with Crippen molar-refractivity contribution in [3.8, 4) is 17.0 Å². The van der Waals surface area contributed by atoms with Gasteiger partial charge in [-0.15, -0.1) is 0 Å². The first kappa shape index (κ1) is 15.4. The maximum Gasteiger partial charge on any atom is 0.180 e. The minimum Gasteiger partial charge on any atom is -0.490 e. The second-order valence-electron chi connectivity index (χ2n) is 5.76. The summed E-state index contributed by atoms with van der Waals surface area (Å²) < 4.78 is 7.93. The zero-order valence-electron chi connectivity index (χ0n) is 13.5. The summed E-state index contributed by atoms with van der Waals surface area (Å²) in [5.74, 6) is 0.833. The molecule has 120 valence electrons. The minimum atomic E-state index is 0.736. The summed E-state index contributed by atoms with van der Waals surface area (Å²) in [6.07, 6.45) is 8.78. The zero-order valence-corrected chi connectivity index (χ0v) is 13.5. The largest absolute Gasteiger partial charge is 0.490 e. The molecule has 0 fully saturated rings. The van der Waals surface area contributed by atoms with Crippen LogP contribution in [-0.2, 0) is 0 Å². The lowest BCUT2D eigenvalue weighted by atomic mass is 10.1. The first-order valence-electron chi connectivity index (χ1n) is 8.24. The number of nitrogens with zero attached hydrogens (tertiary/aromatic N) is 2. The number of nitrogen functional groups attached to an aromatic ring is 1. The number of anilines is 1. The van der Waals surface area contributed by atoms with Crippen LogP contribution in [0.4, 0.5) is 5.69 Å². The van der Waals surface area contributed by atoms with Crippen LogP contribution in [0.15, 0.2) is 48.8 Å².